The zero-order valence-corrected chi connectivity index (χ0v) is 20.9. The van der Waals surface area contributed by atoms with Crippen molar-refractivity contribution in [1.82, 2.24) is 0 Å². The molecule has 7 rings (SSSR count). The van der Waals surface area contributed by atoms with Crippen LogP contribution < -0.4 is 0 Å². The van der Waals surface area contributed by atoms with Crippen molar-refractivity contribution in [1.29, 1.82) is 0 Å². The van der Waals surface area contributed by atoms with Crippen molar-refractivity contribution in [2.75, 3.05) is 0 Å². The summed E-state index contributed by atoms with van der Waals surface area (Å²) in [6.07, 6.45) is 11.1. The number of hydrogen-bond donors (Lipinski definition) is 0. The third-order valence-electron chi connectivity index (χ3n) is 7.08. The summed E-state index contributed by atoms with van der Waals surface area (Å²) >= 11 is 0. The summed E-state index contributed by atoms with van der Waals surface area (Å²) in [5.41, 5.74) is 7.89. The van der Waals surface area contributed by atoms with Gasteiger partial charge in [0.05, 0.1) is 0 Å². The van der Waals surface area contributed by atoms with Gasteiger partial charge in [-0.3, -0.25) is 0 Å². The molecule has 0 aliphatic heterocycles. The van der Waals surface area contributed by atoms with Crippen LogP contribution in [0, 0.1) is 18.4 Å². The molecule has 4 aromatic carbocycles. The van der Waals surface area contributed by atoms with Gasteiger partial charge < -0.3 is 4.42 Å². The summed E-state index contributed by atoms with van der Waals surface area (Å²) < 4.78 is 6.34. The second-order valence-corrected chi connectivity index (χ2v) is 8.61. The molecule has 33 heavy (non-hydrogen) atoms. The van der Waals surface area contributed by atoms with Crippen LogP contribution in [0.2, 0.25) is 0 Å². The van der Waals surface area contributed by atoms with E-state index in [1.54, 1.807) is 0 Å². The van der Waals surface area contributed by atoms with Gasteiger partial charge in [0.25, 0.3) is 0 Å². The quantitative estimate of drug-likeness (QED) is 0.229. The Kier molecular flexibility index (Phi) is 4.94. The summed E-state index contributed by atoms with van der Waals surface area (Å²) in [6, 6.07) is 33.8. The topological polar surface area (TPSA) is 13.1 Å². The molecule has 0 amide bonds. The third kappa shape index (κ3) is 2.83. The van der Waals surface area contributed by atoms with Crippen LogP contribution in [-0.4, -0.2) is 0 Å². The van der Waals surface area contributed by atoms with Gasteiger partial charge in [-0.25, -0.2) is 18.6 Å². The van der Waals surface area contributed by atoms with E-state index in [-0.39, 0.29) is 44.0 Å². The molecule has 0 spiro atoms. The summed E-state index contributed by atoms with van der Waals surface area (Å²) in [5, 5.41) is 2.34. The predicted molar refractivity (Wildman–Crippen MR) is 130 cm³/mol. The van der Waals surface area contributed by atoms with Gasteiger partial charge in [-0.2, -0.15) is 30.3 Å². The van der Waals surface area contributed by atoms with Gasteiger partial charge in [0.15, 0.2) is 0 Å². The Bertz CT molecular complexity index is 1560. The van der Waals surface area contributed by atoms with Crippen molar-refractivity contribution in [2.45, 2.75) is 5.41 Å². The molecule has 0 saturated heterocycles. The Morgan fingerprint density at radius 2 is 1.61 bits per heavy atom. The number of allylic oxidation sites excluding steroid dienone is 4. The van der Waals surface area contributed by atoms with E-state index in [4.69, 9.17) is 4.42 Å². The Hall–Kier alpha value is -2.87. The maximum Gasteiger partial charge on any atom is 0.135 e. The van der Waals surface area contributed by atoms with Gasteiger partial charge in [0.2, 0.25) is 0 Å². The van der Waals surface area contributed by atoms with E-state index in [0.29, 0.717) is 0 Å². The molecule has 2 atom stereocenters. The van der Waals surface area contributed by atoms with Crippen molar-refractivity contribution in [3.05, 3.63) is 138 Å². The second kappa shape index (κ2) is 7.87. The van der Waals surface area contributed by atoms with E-state index in [9.17, 15) is 0 Å². The van der Waals surface area contributed by atoms with Crippen LogP contribution in [0.25, 0.3) is 33.1 Å². The monoisotopic (exact) mass is 497 g/mol. The predicted octanol–water partition coefficient (Wildman–Crippen LogP) is 7.64. The van der Waals surface area contributed by atoms with Gasteiger partial charge in [0.1, 0.15) is 11.2 Å². The fraction of sp³-hybridized carbons (Fsp3) is 0.0645. The van der Waals surface area contributed by atoms with E-state index in [0.717, 1.165) is 11.2 Å². The summed E-state index contributed by atoms with van der Waals surface area (Å²) in [7, 11) is 0. The average Bonchev–Trinajstić information content (AvgIpc) is 3.37. The van der Waals surface area contributed by atoms with Gasteiger partial charge in [-0.1, -0.05) is 48.4 Å². The van der Waals surface area contributed by atoms with E-state index < -0.39 is 0 Å². The molecular weight excluding hydrogens is 477 g/mol. The molecule has 5 aromatic rings. The molecule has 1 aromatic heterocycles. The number of fused-ring (bicyclic) bond motifs is 6. The van der Waals surface area contributed by atoms with Crippen molar-refractivity contribution in [3.8, 4) is 11.1 Å². The van der Waals surface area contributed by atoms with E-state index in [2.05, 4.69) is 104 Å². The maximum absolute atomic E-state index is 6.34. The fourth-order valence-corrected chi connectivity index (χ4v) is 5.78. The van der Waals surface area contributed by atoms with Crippen LogP contribution in [0.1, 0.15) is 16.7 Å². The minimum Gasteiger partial charge on any atom is -0.456 e. The Labute approximate surface area is 218 Å². The van der Waals surface area contributed by atoms with Crippen LogP contribution in [0.5, 0.6) is 0 Å². The molecule has 0 N–H and O–H groups in total. The summed E-state index contributed by atoms with van der Waals surface area (Å²) in [5.74, 6) is 0.176. The zero-order chi connectivity index (χ0) is 21.1. The van der Waals surface area contributed by atoms with Crippen molar-refractivity contribution in [2.24, 2.45) is 5.92 Å². The standard InChI is InChI=1S/C31H20O.Y/c1-3-11-21(12-4-1)31(22-13-5-2-6-14-22)27-17-9-7-15-23(27)25-19-26-24-16-8-10-18-29(24)32-30(26)20-28(25)31;/h1-13,15-21H;/q-2;. The second-order valence-electron chi connectivity index (χ2n) is 8.61. The van der Waals surface area contributed by atoms with E-state index >= 15 is 0 Å². The molecule has 1 nitrogen and oxygen atoms in total. The maximum atomic E-state index is 6.34. The minimum absolute atomic E-state index is 0. The molecule has 1 radical (unpaired) electrons. The normalized spacial score (nSPS) is 20.3. The average molecular weight is 497 g/mol. The Morgan fingerprint density at radius 1 is 0.758 bits per heavy atom. The summed E-state index contributed by atoms with van der Waals surface area (Å²) in [4.78, 5) is 0. The van der Waals surface area contributed by atoms with Crippen molar-refractivity contribution in [3.63, 3.8) is 0 Å². The third-order valence-corrected chi connectivity index (χ3v) is 7.08. The Morgan fingerprint density at radius 3 is 2.45 bits per heavy atom. The molecule has 2 unspecified atom stereocenters. The van der Waals surface area contributed by atoms with E-state index in [1.807, 2.05) is 18.2 Å². The van der Waals surface area contributed by atoms with Gasteiger partial charge in [-0.05, 0) is 40.5 Å². The smallest absolute Gasteiger partial charge is 0.135 e. The first-order valence-corrected chi connectivity index (χ1v) is 11.1. The van der Waals surface area contributed by atoms with Crippen LogP contribution in [-0.2, 0) is 38.1 Å². The molecule has 155 valence electrons. The van der Waals surface area contributed by atoms with Crippen LogP contribution in [0.15, 0.2) is 114 Å². The number of para-hydroxylation sites is 1. The first-order valence-electron chi connectivity index (χ1n) is 11.1. The number of benzene rings is 4. The van der Waals surface area contributed by atoms with Gasteiger partial charge in [0, 0.05) is 48.9 Å². The first-order chi connectivity index (χ1) is 15.9. The van der Waals surface area contributed by atoms with Crippen molar-refractivity contribution >= 4 is 21.9 Å². The zero-order valence-electron chi connectivity index (χ0n) is 18.0. The largest absolute Gasteiger partial charge is 0.456 e. The molecule has 2 heteroatoms. The minimum atomic E-state index is -0.360. The Balaban J connectivity index is 0.00000206. The molecule has 0 bridgehead atoms. The summed E-state index contributed by atoms with van der Waals surface area (Å²) in [6.45, 7) is 0. The van der Waals surface area contributed by atoms with Crippen LogP contribution in [0.3, 0.4) is 0 Å². The van der Waals surface area contributed by atoms with Crippen LogP contribution >= 0.6 is 0 Å². The van der Waals surface area contributed by atoms with E-state index in [1.165, 1.54) is 38.6 Å². The fourth-order valence-electron chi connectivity index (χ4n) is 5.78. The molecule has 2 aliphatic rings. The van der Waals surface area contributed by atoms with Crippen LogP contribution in [0.4, 0.5) is 0 Å². The van der Waals surface area contributed by atoms with Crippen molar-refractivity contribution < 1.29 is 37.1 Å². The SMILES string of the molecule is [Y].[c-]1ccccc1C1(C2C=CC=C[CH-]2)c2ccccc2-c2cc3c(cc21)oc1ccccc13. The molecule has 2 aliphatic carbocycles. The number of furan rings is 1. The number of hydrogen-bond acceptors (Lipinski definition) is 1. The number of rotatable bonds is 2. The van der Waals surface area contributed by atoms with Gasteiger partial charge in [-0.15, -0.1) is 17.7 Å². The molecule has 1 heterocycles. The molecule has 0 saturated carbocycles. The molecule has 0 fully saturated rings. The van der Waals surface area contributed by atoms with Gasteiger partial charge >= 0.3 is 0 Å². The first kappa shape index (κ1) is 20.7. The molecular formula is C31H20OY-2.